The van der Waals surface area contributed by atoms with Gasteiger partial charge in [0.15, 0.2) is 0 Å². The van der Waals surface area contributed by atoms with Gasteiger partial charge in [0.1, 0.15) is 16.7 Å². The van der Waals surface area contributed by atoms with Gasteiger partial charge >= 0.3 is 0 Å². The second-order valence-corrected chi connectivity index (χ2v) is 6.09. The van der Waals surface area contributed by atoms with Crippen LogP contribution in [0.25, 0.3) is 0 Å². The van der Waals surface area contributed by atoms with Gasteiger partial charge in [-0.15, -0.1) is 0 Å². The van der Waals surface area contributed by atoms with Gasteiger partial charge in [-0.2, -0.15) is 10.5 Å². The highest BCUT2D eigenvalue weighted by Crippen LogP contribution is 2.22. The molecule has 1 aromatic heterocycles. The maximum Gasteiger partial charge on any atom is 0.265 e. The molecule has 104 valence electrons. The number of nitriles is 2. The molecule has 0 N–H and O–H groups in total. The van der Waals surface area contributed by atoms with E-state index in [2.05, 4.69) is 4.98 Å². The first-order valence-corrected chi connectivity index (χ1v) is 7.28. The Morgan fingerprint density at radius 1 is 1.14 bits per heavy atom. The highest BCUT2D eigenvalue weighted by molar-refractivity contribution is 7.92. The van der Waals surface area contributed by atoms with Crippen LogP contribution < -0.4 is 4.31 Å². The molecule has 0 aliphatic heterocycles. The molecule has 0 bridgehead atoms. The lowest BCUT2D eigenvalue weighted by Gasteiger charge is -2.19. The van der Waals surface area contributed by atoms with Crippen LogP contribution in [0.2, 0.25) is 0 Å². The van der Waals surface area contributed by atoms with Gasteiger partial charge in [-0.25, -0.2) is 13.4 Å². The highest BCUT2D eigenvalue weighted by atomic mass is 32.2. The summed E-state index contributed by atoms with van der Waals surface area (Å²) in [6.45, 7) is 0. The number of sulfonamides is 1. The number of hydrogen-bond acceptors (Lipinski definition) is 5. The van der Waals surface area contributed by atoms with Crippen LogP contribution in [-0.4, -0.2) is 20.4 Å². The van der Waals surface area contributed by atoms with E-state index in [1.807, 2.05) is 12.1 Å². The molecule has 0 unspecified atom stereocenters. The molecule has 0 saturated carbocycles. The van der Waals surface area contributed by atoms with Crippen molar-refractivity contribution < 1.29 is 8.42 Å². The molecule has 21 heavy (non-hydrogen) atoms. The molecule has 0 aliphatic rings. The van der Waals surface area contributed by atoms with Gasteiger partial charge in [0.25, 0.3) is 10.0 Å². The summed E-state index contributed by atoms with van der Waals surface area (Å²) in [6, 6.07) is 12.7. The van der Waals surface area contributed by atoms with Crippen molar-refractivity contribution in [1.82, 2.24) is 4.98 Å². The summed E-state index contributed by atoms with van der Waals surface area (Å²) < 4.78 is 26.0. The minimum Gasteiger partial charge on any atom is -0.269 e. The predicted octanol–water partition coefficient (Wildman–Crippen LogP) is 1.65. The first kappa shape index (κ1) is 14.5. The second kappa shape index (κ2) is 5.61. The zero-order chi connectivity index (χ0) is 15.5. The summed E-state index contributed by atoms with van der Waals surface area (Å²) in [7, 11) is -2.40. The number of nitrogens with zero attached hydrogens (tertiary/aromatic N) is 4. The third kappa shape index (κ3) is 2.83. The smallest absolute Gasteiger partial charge is 0.265 e. The van der Waals surface area contributed by atoms with Crippen LogP contribution in [0.1, 0.15) is 11.3 Å². The molecular weight excluding hydrogens is 288 g/mol. The minimum absolute atomic E-state index is 0.0219. The molecule has 0 aliphatic carbocycles. The fourth-order valence-corrected chi connectivity index (χ4v) is 2.80. The zero-order valence-electron chi connectivity index (χ0n) is 11.1. The van der Waals surface area contributed by atoms with E-state index in [1.165, 1.54) is 25.2 Å². The number of pyridine rings is 1. The third-order valence-corrected chi connectivity index (χ3v) is 4.62. The minimum atomic E-state index is -3.79. The topological polar surface area (TPSA) is 97.9 Å². The van der Waals surface area contributed by atoms with Gasteiger partial charge in [-0.3, -0.25) is 4.31 Å². The molecule has 0 atom stereocenters. The van der Waals surface area contributed by atoms with E-state index < -0.39 is 10.0 Å². The highest BCUT2D eigenvalue weighted by Gasteiger charge is 2.21. The summed E-state index contributed by atoms with van der Waals surface area (Å²) in [6.07, 6.45) is 1.14. The average molecular weight is 298 g/mol. The Hall–Kier alpha value is -2.90. The Morgan fingerprint density at radius 3 is 2.48 bits per heavy atom. The summed E-state index contributed by atoms with van der Waals surface area (Å²) in [4.78, 5) is 3.73. The van der Waals surface area contributed by atoms with Gasteiger partial charge in [0.05, 0.1) is 17.3 Å². The number of aromatic nitrogens is 1. The molecule has 0 spiro atoms. The van der Waals surface area contributed by atoms with E-state index in [4.69, 9.17) is 10.5 Å². The molecule has 0 fully saturated rings. The van der Waals surface area contributed by atoms with Crippen molar-refractivity contribution in [3.63, 3.8) is 0 Å². The number of benzene rings is 1. The zero-order valence-corrected chi connectivity index (χ0v) is 11.9. The standard InChI is InChI=1S/C14H10N4O2S/c1-18(13-4-2-3-11(7-13)8-15)21(19,20)14-6-5-12(9-16)17-10-14/h2-7,10H,1H3. The molecule has 7 heteroatoms. The SMILES string of the molecule is CN(c1cccc(C#N)c1)S(=O)(=O)c1ccc(C#N)nc1. The van der Waals surface area contributed by atoms with Gasteiger partial charge < -0.3 is 0 Å². The molecular formula is C14H10N4O2S. The van der Waals surface area contributed by atoms with Crippen molar-refractivity contribution in [2.75, 3.05) is 11.4 Å². The Labute approximate surface area is 122 Å². The van der Waals surface area contributed by atoms with Crippen molar-refractivity contribution in [1.29, 1.82) is 10.5 Å². The lowest BCUT2D eigenvalue weighted by molar-refractivity contribution is 0.594. The third-order valence-electron chi connectivity index (χ3n) is 2.85. The molecule has 0 amide bonds. The van der Waals surface area contributed by atoms with Crippen LogP contribution in [0.4, 0.5) is 5.69 Å². The molecule has 0 radical (unpaired) electrons. The predicted molar refractivity (Wildman–Crippen MR) is 75.7 cm³/mol. The van der Waals surface area contributed by atoms with Crippen molar-refractivity contribution in [2.24, 2.45) is 0 Å². The lowest BCUT2D eigenvalue weighted by atomic mass is 10.2. The second-order valence-electron chi connectivity index (χ2n) is 4.13. The number of rotatable bonds is 3. The van der Waals surface area contributed by atoms with E-state index in [1.54, 1.807) is 18.2 Å². The molecule has 1 aromatic carbocycles. The Kier molecular flexibility index (Phi) is 3.88. The first-order chi connectivity index (χ1) is 9.98. The van der Waals surface area contributed by atoms with Crippen molar-refractivity contribution >= 4 is 15.7 Å². The van der Waals surface area contributed by atoms with Crippen molar-refractivity contribution in [2.45, 2.75) is 4.90 Å². The Morgan fingerprint density at radius 2 is 1.90 bits per heavy atom. The van der Waals surface area contributed by atoms with Gasteiger partial charge in [0.2, 0.25) is 0 Å². The van der Waals surface area contributed by atoms with Gasteiger partial charge in [0, 0.05) is 13.2 Å². The van der Waals surface area contributed by atoms with Crippen LogP contribution in [-0.2, 0) is 10.0 Å². The normalized spacial score (nSPS) is 10.4. The van der Waals surface area contributed by atoms with Gasteiger partial charge in [-0.1, -0.05) is 6.07 Å². The maximum absolute atomic E-state index is 12.5. The quantitative estimate of drug-likeness (QED) is 0.858. The van der Waals surface area contributed by atoms with E-state index in [0.29, 0.717) is 11.3 Å². The number of hydrogen-bond donors (Lipinski definition) is 0. The first-order valence-electron chi connectivity index (χ1n) is 5.84. The molecule has 0 saturated heterocycles. The molecule has 6 nitrogen and oxygen atoms in total. The molecule has 2 rings (SSSR count). The van der Waals surface area contributed by atoms with Crippen LogP contribution in [0.15, 0.2) is 47.5 Å². The monoisotopic (exact) mass is 298 g/mol. The van der Waals surface area contributed by atoms with E-state index >= 15 is 0 Å². The summed E-state index contributed by atoms with van der Waals surface area (Å²) in [5.74, 6) is 0. The Balaban J connectivity index is 2.42. The Bertz CT molecular complexity index is 846. The van der Waals surface area contributed by atoms with Crippen LogP contribution >= 0.6 is 0 Å². The van der Waals surface area contributed by atoms with E-state index in [0.717, 1.165) is 10.5 Å². The van der Waals surface area contributed by atoms with Crippen LogP contribution in [0, 0.1) is 22.7 Å². The summed E-state index contributed by atoms with van der Waals surface area (Å²) in [5.41, 5.74) is 0.883. The van der Waals surface area contributed by atoms with Crippen molar-refractivity contribution in [3.8, 4) is 12.1 Å². The fourth-order valence-electron chi connectivity index (χ4n) is 1.67. The van der Waals surface area contributed by atoms with E-state index in [-0.39, 0.29) is 10.6 Å². The number of anilines is 1. The molecule has 1 heterocycles. The fraction of sp³-hybridized carbons (Fsp3) is 0.0714. The average Bonchev–Trinajstić information content (AvgIpc) is 2.54. The molecule has 2 aromatic rings. The lowest BCUT2D eigenvalue weighted by Crippen LogP contribution is -2.26. The van der Waals surface area contributed by atoms with Crippen LogP contribution in [0.3, 0.4) is 0 Å². The largest absolute Gasteiger partial charge is 0.269 e. The van der Waals surface area contributed by atoms with E-state index in [9.17, 15) is 8.42 Å². The van der Waals surface area contributed by atoms with Gasteiger partial charge in [-0.05, 0) is 30.3 Å². The maximum atomic E-state index is 12.5. The van der Waals surface area contributed by atoms with Crippen LogP contribution in [0.5, 0.6) is 0 Å². The summed E-state index contributed by atoms with van der Waals surface area (Å²) in [5, 5.41) is 17.5. The van der Waals surface area contributed by atoms with Crippen molar-refractivity contribution in [3.05, 3.63) is 53.9 Å². The summed E-state index contributed by atoms with van der Waals surface area (Å²) >= 11 is 0.